The predicted octanol–water partition coefficient (Wildman–Crippen LogP) is 2.75. The number of hydrogen-bond acceptors (Lipinski definition) is 4. The third kappa shape index (κ3) is 3.79. The third-order valence-electron chi connectivity index (χ3n) is 3.79. The Morgan fingerprint density at radius 3 is 2.48 bits per heavy atom. The minimum atomic E-state index is -4.78. The van der Waals surface area contributed by atoms with Crippen LogP contribution >= 0.6 is 0 Å². The first kappa shape index (κ1) is 15.9. The molecule has 0 aliphatic heterocycles. The van der Waals surface area contributed by atoms with Crippen LogP contribution in [-0.2, 0) is 0 Å². The minimum Gasteiger partial charge on any atom is -0.496 e. The van der Waals surface area contributed by atoms with Gasteiger partial charge in [0, 0.05) is 5.56 Å². The number of alkyl halides is 3. The van der Waals surface area contributed by atoms with Gasteiger partial charge in [0.05, 0.1) is 19.3 Å². The summed E-state index contributed by atoms with van der Waals surface area (Å²) < 4.78 is 45.8. The molecule has 0 amide bonds. The van der Waals surface area contributed by atoms with Gasteiger partial charge in [-0.05, 0) is 37.0 Å². The monoisotopic (exact) mass is 305 g/mol. The van der Waals surface area contributed by atoms with Gasteiger partial charge in [-0.2, -0.15) is 0 Å². The SMILES string of the molecule is COc1ccc(OC(F)(F)F)cc1[C@@H](N)[C@@H](O)C1CCC1. The quantitative estimate of drug-likeness (QED) is 0.878. The van der Waals surface area contributed by atoms with E-state index in [0.29, 0.717) is 11.3 Å². The molecule has 1 saturated carbocycles. The highest BCUT2D eigenvalue weighted by Crippen LogP contribution is 2.38. The van der Waals surface area contributed by atoms with Crippen molar-refractivity contribution in [2.45, 2.75) is 37.8 Å². The molecule has 7 heteroatoms. The number of methoxy groups -OCH3 is 1. The van der Waals surface area contributed by atoms with E-state index >= 15 is 0 Å². The molecule has 1 aliphatic rings. The van der Waals surface area contributed by atoms with E-state index in [9.17, 15) is 18.3 Å². The van der Waals surface area contributed by atoms with E-state index in [1.165, 1.54) is 19.2 Å². The van der Waals surface area contributed by atoms with Crippen molar-refractivity contribution in [2.75, 3.05) is 7.11 Å². The Balaban J connectivity index is 2.24. The second kappa shape index (κ2) is 6.11. The molecule has 2 atom stereocenters. The summed E-state index contributed by atoms with van der Waals surface area (Å²) in [6.45, 7) is 0. The number of aliphatic hydroxyl groups excluding tert-OH is 1. The Morgan fingerprint density at radius 2 is 2.00 bits per heavy atom. The Morgan fingerprint density at radius 1 is 1.33 bits per heavy atom. The van der Waals surface area contributed by atoms with Crippen LogP contribution in [-0.4, -0.2) is 24.7 Å². The molecule has 1 fully saturated rings. The van der Waals surface area contributed by atoms with Crippen LogP contribution in [0.3, 0.4) is 0 Å². The molecule has 2 rings (SSSR count). The molecular weight excluding hydrogens is 287 g/mol. The molecule has 0 unspecified atom stereocenters. The molecule has 0 spiro atoms. The Labute approximate surface area is 120 Å². The van der Waals surface area contributed by atoms with Crippen LogP contribution in [0.15, 0.2) is 18.2 Å². The molecular formula is C14H18F3NO3. The van der Waals surface area contributed by atoms with Crippen molar-refractivity contribution < 1.29 is 27.8 Å². The zero-order chi connectivity index (χ0) is 15.6. The van der Waals surface area contributed by atoms with Gasteiger partial charge in [-0.25, -0.2) is 0 Å². The van der Waals surface area contributed by atoms with Gasteiger partial charge in [-0.1, -0.05) is 6.42 Å². The van der Waals surface area contributed by atoms with E-state index in [1.54, 1.807) is 0 Å². The second-order valence-electron chi connectivity index (χ2n) is 5.16. The molecule has 3 N–H and O–H groups in total. The van der Waals surface area contributed by atoms with Gasteiger partial charge in [0.15, 0.2) is 0 Å². The first-order chi connectivity index (χ1) is 9.81. The number of halogens is 3. The maximum atomic E-state index is 12.3. The lowest BCUT2D eigenvalue weighted by atomic mass is 9.77. The van der Waals surface area contributed by atoms with Gasteiger partial charge in [-0.3, -0.25) is 0 Å². The third-order valence-corrected chi connectivity index (χ3v) is 3.79. The van der Waals surface area contributed by atoms with Gasteiger partial charge in [0.25, 0.3) is 0 Å². The van der Waals surface area contributed by atoms with Crippen LogP contribution in [0.1, 0.15) is 30.9 Å². The summed E-state index contributed by atoms with van der Waals surface area (Å²) in [6, 6.07) is 2.85. The topological polar surface area (TPSA) is 64.7 Å². The lowest BCUT2D eigenvalue weighted by molar-refractivity contribution is -0.274. The lowest BCUT2D eigenvalue weighted by Crippen LogP contribution is -2.36. The first-order valence-corrected chi connectivity index (χ1v) is 6.69. The number of benzene rings is 1. The van der Waals surface area contributed by atoms with E-state index in [-0.39, 0.29) is 11.7 Å². The Bertz CT molecular complexity index is 489. The standard InChI is InChI=1S/C14H18F3NO3/c1-20-11-6-5-9(21-14(15,16)17)7-10(11)12(18)13(19)8-3-2-4-8/h5-8,12-13,19H,2-4,18H2,1H3/t12-,13+/m1/s1. The average Bonchev–Trinajstić information content (AvgIpc) is 2.33. The molecule has 1 aromatic carbocycles. The zero-order valence-corrected chi connectivity index (χ0v) is 11.6. The van der Waals surface area contributed by atoms with Crippen molar-refractivity contribution in [1.29, 1.82) is 0 Å². The highest BCUT2D eigenvalue weighted by Gasteiger charge is 2.34. The molecule has 4 nitrogen and oxygen atoms in total. The van der Waals surface area contributed by atoms with E-state index in [4.69, 9.17) is 10.5 Å². The minimum absolute atomic E-state index is 0.0805. The molecule has 0 heterocycles. The van der Waals surface area contributed by atoms with Crippen LogP contribution in [0, 0.1) is 5.92 Å². The molecule has 118 valence electrons. The summed E-state index contributed by atoms with van der Waals surface area (Å²) in [6.07, 6.45) is -2.81. The van der Waals surface area contributed by atoms with Crippen molar-refractivity contribution in [3.05, 3.63) is 23.8 Å². The molecule has 0 aromatic heterocycles. The van der Waals surface area contributed by atoms with Crippen LogP contribution in [0.5, 0.6) is 11.5 Å². The van der Waals surface area contributed by atoms with Crippen molar-refractivity contribution in [3.63, 3.8) is 0 Å². The highest BCUT2D eigenvalue weighted by molar-refractivity contribution is 5.42. The van der Waals surface area contributed by atoms with Crippen LogP contribution in [0.2, 0.25) is 0 Å². The number of ether oxygens (including phenoxy) is 2. The van der Waals surface area contributed by atoms with Crippen LogP contribution in [0.4, 0.5) is 13.2 Å². The fourth-order valence-electron chi connectivity index (χ4n) is 2.43. The second-order valence-corrected chi connectivity index (χ2v) is 5.16. The lowest BCUT2D eigenvalue weighted by Gasteiger charge is -2.34. The molecule has 0 radical (unpaired) electrons. The molecule has 1 aromatic rings. The van der Waals surface area contributed by atoms with E-state index < -0.39 is 18.5 Å². The Kier molecular flexibility index (Phi) is 4.63. The summed E-state index contributed by atoms with van der Waals surface area (Å²) in [5, 5.41) is 10.2. The van der Waals surface area contributed by atoms with E-state index in [0.717, 1.165) is 25.3 Å². The number of rotatable bonds is 5. The summed E-state index contributed by atoms with van der Waals surface area (Å²) in [5.41, 5.74) is 6.30. The number of aliphatic hydroxyl groups is 1. The molecule has 21 heavy (non-hydrogen) atoms. The van der Waals surface area contributed by atoms with E-state index in [2.05, 4.69) is 4.74 Å². The van der Waals surface area contributed by atoms with Crippen LogP contribution < -0.4 is 15.2 Å². The van der Waals surface area contributed by atoms with Crippen molar-refractivity contribution in [2.24, 2.45) is 11.7 Å². The fourth-order valence-corrected chi connectivity index (χ4v) is 2.43. The van der Waals surface area contributed by atoms with Crippen LogP contribution in [0.25, 0.3) is 0 Å². The van der Waals surface area contributed by atoms with Crippen molar-refractivity contribution >= 4 is 0 Å². The van der Waals surface area contributed by atoms with E-state index in [1.807, 2.05) is 0 Å². The van der Waals surface area contributed by atoms with Gasteiger partial charge < -0.3 is 20.3 Å². The highest BCUT2D eigenvalue weighted by atomic mass is 19.4. The van der Waals surface area contributed by atoms with Gasteiger partial charge in [0.2, 0.25) is 0 Å². The molecule has 0 bridgehead atoms. The summed E-state index contributed by atoms with van der Waals surface area (Å²) in [5.74, 6) is 0.0295. The number of nitrogens with two attached hydrogens (primary N) is 1. The molecule has 1 aliphatic carbocycles. The van der Waals surface area contributed by atoms with Gasteiger partial charge in [0.1, 0.15) is 11.5 Å². The zero-order valence-electron chi connectivity index (χ0n) is 11.6. The largest absolute Gasteiger partial charge is 0.573 e. The fraction of sp³-hybridized carbons (Fsp3) is 0.571. The number of hydrogen-bond donors (Lipinski definition) is 2. The average molecular weight is 305 g/mol. The summed E-state index contributed by atoms with van der Waals surface area (Å²) >= 11 is 0. The predicted molar refractivity (Wildman–Crippen MR) is 70.0 cm³/mol. The maximum Gasteiger partial charge on any atom is 0.573 e. The first-order valence-electron chi connectivity index (χ1n) is 6.69. The van der Waals surface area contributed by atoms with Gasteiger partial charge in [-0.15, -0.1) is 13.2 Å². The van der Waals surface area contributed by atoms with Crippen molar-refractivity contribution in [3.8, 4) is 11.5 Å². The maximum absolute atomic E-state index is 12.3. The summed E-state index contributed by atoms with van der Waals surface area (Å²) in [7, 11) is 1.39. The Hall–Kier alpha value is -1.47. The van der Waals surface area contributed by atoms with Crippen molar-refractivity contribution in [1.82, 2.24) is 0 Å². The normalized spacial score (nSPS) is 18.8. The van der Waals surface area contributed by atoms with Gasteiger partial charge >= 0.3 is 6.36 Å². The molecule has 0 saturated heterocycles. The smallest absolute Gasteiger partial charge is 0.496 e. The summed E-state index contributed by atoms with van der Waals surface area (Å²) in [4.78, 5) is 0.